The second-order valence-corrected chi connectivity index (χ2v) is 7.73. The summed E-state index contributed by atoms with van der Waals surface area (Å²) >= 11 is 12.1. The van der Waals surface area contributed by atoms with Crippen LogP contribution in [0.1, 0.15) is 0 Å². The molecule has 3 rings (SSSR count). The zero-order valence-corrected chi connectivity index (χ0v) is 15.2. The minimum absolute atomic E-state index is 0.0597. The molecule has 0 saturated heterocycles. The molecule has 134 valence electrons. The van der Waals surface area contributed by atoms with Gasteiger partial charge in [0.1, 0.15) is 22.3 Å². The number of rotatable bonds is 4. The van der Waals surface area contributed by atoms with Crippen molar-refractivity contribution in [2.45, 2.75) is 4.90 Å². The number of aromatic nitrogens is 1. The lowest BCUT2D eigenvalue weighted by Crippen LogP contribution is -2.15. The molecule has 2 aromatic carbocycles. The van der Waals surface area contributed by atoms with Crippen molar-refractivity contribution in [3.05, 3.63) is 76.4 Å². The molecule has 0 fully saturated rings. The zero-order valence-electron chi connectivity index (χ0n) is 12.9. The van der Waals surface area contributed by atoms with E-state index in [0.717, 1.165) is 12.1 Å². The molecule has 9 heteroatoms. The fourth-order valence-electron chi connectivity index (χ4n) is 2.21. The van der Waals surface area contributed by atoms with Crippen molar-refractivity contribution in [2.75, 3.05) is 4.72 Å². The van der Waals surface area contributed by atoms with E-state index in [0.29, 0.717) is 27.2 Å². The van der Waals surface area contributed by atoms with Crippen molar-refractivity contribution < 1.29 is 17.2 Å². The lowest BCUT2D eigenvalue weighted by atomic mass is 10.1. The summed E-state index contributed by atoms with van der Waals surface area (Å²) in [6.45, 7) is 0. The molecule has 4 nitrogen and oxygen atoms in total. The Morgan fingerprint density at radius 2 is 1.73 bits per heavy atom. The summed E-state index contributed by atoms with van der Waals surface area (Å²) in [6, 6.07) is 10.0. The van der Waals surface area contributed by atoms with E-state index < -0.39 is 26.6 Å². The van der Waals surface area contributed by atoms with Gasteiger partial charge in [-0.3, -0.25) is 4.72 Å². The minimum atomic E-state index is -4.33. The second kappa shape index (κ2) is 7.19. The molecule has 3 aromatic rings. The van der Waals surface area contributed by atoms with Gasteiger partial charge in [0.05, 0.1) is 0 Å². The van der Waals surface area contributed by atoms with E-state index in [1.807, 2.05) is 0 Å². The Morgan fingerprint density at radius 3 is 2.42 bits per heavy atom. The Kier molecular flexibility index (Phi) is 5.13. The first-order chi connectivity index (χ1) is 12.3. The Hall–Kier alpha value is -2.22. The predicted octanol–water partition coefficient (Wildman–Crippen LogP) is 5.13. The molecule has 0 spiro atoms. The number of nitrogens with zero attached hydrogens (tertiary/aromatic N) is 1. The molecule has 0 aliphatic heterocycles. The highest BCUT2D eigenvalue weighted by Crippen LogP contribution is 2.30. The number of anilines is 1. The van der Waals surface area contributed by atoms with Crippen molar-refractivity contribution in [3.63, 3.8) is 0 Å². The van der Waals surface area contributed by atoms with E-state index in [1.54, 1.807) is 24.3 Å². The van der Waals surface area contributed by atoms with Crippen molar-refractivity contribution in [3.8, 4) is 11.1 Å². The van der Waals surface area contributed by atoms with Gasteiger partial charge in [-0.2, -0.15) is 0 Å². The van der Waals surface area contributed by atoms with Gasteiger partial charge in [0.2, 0.25) is 0 Å². The average molecular weight is 415 g/mol. The van der Waals surface area contributed by atoms with Gasteiger partial charge in [0, 0.05) is 27.4 Å². The monoisotopic (exact) mass is 414 g/mol. The summed E-state index contributed by atoms with van der Waals surface area (Å²) in [6.07, 6.45) is 1.39. The summed E-state index contributed by atoms with van der Waals surface area (Å²) in [7, 11) is -4.33. The molecule has 0 aliphatic rings. The SMILES string of the molecule is O=S(=O)(Nc1ccc(-c2cc(Cl)ccc2Cl)cn1)c1cc(F)ccc1F. The van der Waals surface area contributed by atoms with Gasteiger partial charge in [-0.05, 0) is 48.5 Å². The Bertz CT molecular complexity index is 1070. The molecule has 1 heterocycles. The second-order valence-electron chi connectivity index (χ2n) is 5.24. The molecule has 1 N–H and O–H groups in total. The summed E-state index contributed by atoms with van der Waals surface area (Å²) in [5.74, 6) is -2.00. The van der Waals surface area contributed by atoms with Gasteiger partial charge in [0.25, 0.3) is 10.0 Å². The van der Waals surface area contributed by atoms with Crippen LogP contribution in [0.15, 0.2) is 59.6 Å². The van der Waals surface area contributed by atoms with Gasteiger partial charge in [-0.1, -0.05) is 23.2 Å². The summed E-state index contributed by atoms with van der Waals surface area (Å²) in [5.41, 5.74) is 1.23. The van der Waals surface area contributed by atoms with Crippen LogP contribution in [0.25, 0.3) is 11.1 Å². The molecular weight excluding hydrogens is 405 g/mol. The van der Waals surface area contributed by atoms with Crippen LogP contribution >= 0.6 is 23.2 Å². The fraction of sp³-hybridized carbons (Fsp3) is 0. The van der Waals surface area contributed by atoms with Crippen molar-refractivity contribution in [1.82, 2.24) is 4.98 Å². The standard InChI is InChI=1S/C17H10Cl2F2N2O2S/c18-11-2-4-14(19)13(7-11)10-1-6-17(22-9-10)23-26(24,25)16-8-12(20)3-5-15(16)21/h1-9H,(H,22,23). The van der Waals surface area contributed by atoms with Gasteiger partial charge in [0.15, 0.2) is 0 Å². The summed E-state index contributed by atoms with van der Waals surface area (Å²) in [5, 5.41) is 0.933. The number of hydrogen-bond acceptors (Lipinski definition) is 3. The summed E-state index contributed by atoms with van der Waals surface area (Å²) < 4.78 is 53.5. The molecular formula is C17H10Cl2F2N2O2S. The highest BCUT2D eigenvalue weighted by atomic mass is 35.5. The van der Waals surface area contributed by atoms with Crippen molar-refractivity contribution in [2.24, 2.45) is 0 Å². The lowest BCUT2D eigenvalue weighted by molar-refractivity contribution is 0.555. The molecule has 0 bridgehead atoms. The number of pyridine rings is 1. The van der Waals surface area contributed by atoms with Gasteiger partial charge in [-0.25, -0.2) is 22.2 Å². The smallest absolute Gasteiger partial charge is 0.263 e. The predicted molar refractivity (Wildman–Crippen MR) is 96.9 cm³/mol. The Balaban J connectivity index is 1.90. The van der Waals surface area contributed by atoms with Crippen LogP contribution in [0, 0.1) is 11.6 Å². The minimum Gasteiger partial charge on any atom is -0.263 e. The van der Waals surface area contributed by atoms with E-state index >= 15 is 0 Å². The van der Waals surface area contributed by atoms with Gasteiger partial charge >= 0.3 is 0 Å². The van der Waals surface area contributed by atoms with Crippen LogP contribution in [-0.2, 0) is 10.0 Å². The molecule has 0 atom stereocenters. The number of nitrogens with one attached hydrogen (secondary N) is 1. The first-order valence-electron chi connectivity index (χ1n) is 7.15. The third-order valence-corrected chi connectivity index (χ3v) is 5.36. The van der Waals surface area contributed by atoms with Gasteiger partial charge < -0.3 is 0 Å². The molecule has 0 radical (unpaired) electrons. The maximum absolute atomic E-state index is 13.7. The Morgan fingerprint density at radius 1 is 0.962 bits per heavy atom. The maximum Gasteiger partial charge on any atom is 0.266 e. The molecule has 0 amide bonds. The Labute approximate surface area is 158 Å². The third-order valence-electron chi connectivity index (χ3n) is 3.42. The van der Waals surface area contributed by atoms with Crippen LogP contribution in [0.3, 0.4) is 0 Å². The zero-order chi connectivity index (χ0) is 18.9. The van der Waals surface area contributed by atoms with Crippen LogP contribution in [0.2, 0.25) is 10.0 Å². The number of sulfonamides is 1. The summed E-state index contributed by atoms with van der Waals surface area (Å²) in [4.78, 5) is 3.18. The maximum atomic E-state index is 13.7. The average Bonchev–Trinajstić information content (AvgIpc) is 2.59. The number of hydrogen-bond donors (Lipinski definition) is 1. The largest absolute Gasteiger partial charge is 0.266 e. The van der Waals surface area contributed by atoms with Crippen LogP contribution < -0.4 is 4.72 Å². The van der Waals surface area contributed by atoms with Crippen molar-refractivity contribution >= 4 is 39.0 Å². The van der Waals surface area contributed by atoms with Crippen LogP contribution in [-0.4, -0.2) is 13.4 Å². The topological polar surface area (TPSA) is 59.1 Å². The van der Waals surface area contributed by atoms with E-state index in [1.165, 1.54) is 12.3 Å². The van der Waals surface area contributed by atoms with Crippen LogP contribution in [0.4, 0.5) is 14.6 Å². The first kappa shape index (κ1) is 18.6. The van der Waals surface area contributed by atoms with E-state index in [-0.39, 0.29) is 5.82 Å². The van der Waals surface area contributed by atoms with Crippen molar-refractivity contribution in [1.29, 1.82) is 0 Å². The highest BCUT2D eigenvalue weighted by molar-refractivity contribution is 7.92. The first-order valence-corrected chi connectivity index (χ1v) is 9.39. The fourth-order valence-corrected chi connectivity index (χ4v) is 3.71. The number of benzene rings is 2. The van der Waals surface area contributed by atoms with E-state index in [2.05, 4.69) is 9.71 Å². The molecule has 0 unspecified atom stereocenters. The van der Waals surface area contributed by atoms with E-state index in [4.69, 9.17) is 23.2 Å². The molecule has 1 aromatic heterocycles. The number of halogens is 4. The molecule has 0 aliphatic carbocycles. The van der Waals surface area contributed by atoms with Crippen LogP contribution in [0.5, 0.6) is 0 Å². The lowest BCUT2D eigenvalue weighted by Gasteiger charge is -2.10. The highest BCUT2D eigenvalue weighted by Gasteiger charge is 2.20. The normalized spacial score (nSPS) is 11.4. The molecule has 0 saturated carbocycles. The third kappa shape index (κ3) is 3.95. The van der Waals surface area contributed by atoms with E-state index in [9.17, 15) is 17.2 Å². The van der Waals surface area contributed by atoms with Gasteiger partial charge in [-0.15, -0.1) is 0 Å². The molecule has 26 heavy (non-hydrogen) atoms. The quantitative estimate of drug-likeness (QED) is 0.643.